The zero-order valence-electron chi connectivity index (χ0n) is 5.39. The summed E-state index contributed by atoms with van der Waals surface area (Å²) in [5.41, 5.74) is 0. The summed E-state index contributed by atoms with van der Waals surface area (Å²) < 4.78 is 0. The number of diazo groups is 1. The van der Waals surface area contributed by atoms with Crippen molar-refractivity contribution in [2.75, 3.05) is 0 Å². The number of aromatic nitrogens is 1. The van der Waals surface area contributed by atoms with Gasteiger partial charge in [0.15, 0.2) is 6.20 Å². The zero-order valence-corrected chi connectivity index (χ0v) is 6.21. The third-order valence-electron chi connectivity index (χ3n) is 0.952. The van der Waals surface area contributed by atoms with Gasteiger partial charge in [0, 0.05) is 4.98 Å². The van der Waals surface area contributed by atoms with Crippen LogP contribution in [0.2, 0.25) is 0 Å². The van der Waals surface area contributed by atoms with Crippen LogP contribution < -0.4 is 0 Å². The van der Waals surface area contributed by atoms with Gasteiger partial charge in [-0.05, 0) is 16.3 Å². The number of aliphatic carboxylic acids is 1. The molecule has 0 saturated carbocycles. The van der Waals surface area contributed by atoms with E-state index in [1.165, 1.54) is 6.20 Å². The fourth-order valence-corrected chi connectivity index (χ4v) is 1.26. The van der Waals surface area contributed by atoms with Gasteiger partial charge in [0.05, 0.1) is 16.7 Å². The highest BCUT2D eigenvalue weighted by Gasteiger charge is 2.13. The minimum Gasteiger partial charge on any atom is -0.481 e. The van der Waals surface area contributed by atoms with Gasteiger partial charge >= 0.3 is 11.1 Å². The number of hydrogen-bond acceptors (Lipinski definition) is 4. The number of rotatable bonds is 2. The van der Waals surface area contributed by atoms with Crippen molar-refractivity contribution >= 4 is 22.4 Å². The maximum atomic E-state index is 10.2. The lowest BCUT2D eigenvalue weighted by molar-refractivity contribution is -0.136. The van der Waals surface area contributed by atoms with E-state index in [2.05, 4.69) is 9.96 Å². The Bertz CT molecular complexity index is 314. The number of thiazole rings is 1. The Morgan fingerprint density at radius 2 is 2.64 bits per heavy atom. The molecule has 0 aliphatic heterocycles. The van der Waals surface area contributed by atoms with E-state index in [0.29, 0.717) is 4.88 Å². The molecule has 0 bridgehead atoms. The first kappa shape index (κ1) is 7.63. The molecule has 0 radical (unpaired) electrons. The van der Waals surface area contributed by atoms with Crippen LogP contribution in [0.4, 0.5) is 5.13 Å². The maximum Gasteiger partial charge on any atom is 0.523 e. The predicted molar refractivity (Wildman–Crippen MR) is 38.2 cm³/mol. The molecule has 0 atom stereocenters. The fraction of sp³-hybridized carbons (Fsp3) is 0.200. The van der Waals surface area contributed by atoms with Crippen molar-refractivity contribution in [2.24, 2.45) is 0 Å². The summed E-state index contributed by atoms with van der Waals surface area (Å²) in [6.45, 7) is 0. The molecule has 0 aromatic carbocycles. The van der Waals surface area contributed by atoms with Crippen molar-refractivity contribution in [3.05, 3.63) is 16.0 Å². The summed E-state index contributed by atoms with van der Waals surface area (Å²) in [7, 11) is 0. The number of carboxylic acid groups (broad SMARTS) is 1. The average Bonchev–Trinajstić information content (AvgIpc) is 2.34. The first-order valence-corrected chi connectivity index (χ1v) is 3.55. The summed E-state index contributed by atoms with van der Waals surface area (Å²) in [4.78, 5) is 17.2. The van der Waals surface area contributed by atoms with Gasteiger partial charge in [-0.25, -0.2) is 0 Å². The molecule has 1 heterocycles. The number of carbonyl (C=O) groups is 1. The van der Waals surface area contributed by atoms with Crippen molar-refractivity contribution in [3.8, 4) is 0 Å². The summed E-state index contributed by atoms with van der Waals surface area (Å²) >= 11 is 1.05. The Kier molecular flexibility index (Phi) is 2.13. The molecule has 56 valence electrons. The summed E-state index contributed by atoms with van der Waals surface area (Å²) in [5.74, 6) is -0.918. The third-order valence-corrected chi connectivity index (χ3v) is 1.83. The van der Waals surface area contributed by atoms with Crippen molar-refractivity contribution in [2.45, 2.75) is 6.42 Å². The van der Waals surface area contributed by atoms with Crippen LogP contribution in [0.3, 0.4) is 0 Å². The minimum atomic E-state index is -0.918. The zero-order chi connectivity index (χ0) is 8.27. The van der Waals surface area contributed by atoms with Gasteiger partial charge in [-0.15, -0.1) is 0 Å². The lowest BCUT2D eigenvalue weighted by Gasteiger charge is -1.81. The smallest absolute Gasteiger partial charge is 0.481 e. The highest BCUT2D eigenvalue weighted by molar-refractivity contribution is 7.15. The molecule has 0 unspecified atom stereocenters. The van der Waals surface area contributed by atoms with Crippen molar-refractivity contribution < 1.29 is 9.90 Å². The normalized spacial score (nSPS) is 9.00. The molecule has 0 saturated heterocycles. The molecule has 0 spiro atoms. The van der Waals surface area contributed by atoms with Crippen molar-refractivity contribution in [3.63, 3.8) is 0 Å². The number of nitrogens with zero attached hydrogens (tertiary/aromatic N) is 3. The van der Waals surface area contributed by atoms with Crippen molar-refractivity contribution in [1.29, 1.82) is 5.39 Å². The molecule has 0 amide bonds. The van der Waals surface area contributed by atoms with E-state index in [1.807, 2.05) is 0 Å². The monoisotopic (exact) mass is 170 g/mol. The van der Waals surface area contributed by atoms with Crippen LogP contribution in [0.25, 0.3) is 4.98 Å². The molecule has 5 nitrogen and oxygen atoms in total. The molecule has 11 heavy (non-hydrogen) atoms. The van der Waals surface area contributed by atoms with E-state index in [1.54, 1.807) is 0 Å². The highest BCUT2D eigenvalue weighted by atomic mass is 32.1. The minimum absolute atomic E-state index is 0.0762. The van der Waals surface area contributed by atoms with Gasteiger partial charge in [0.2, 0.25) is 0 Å². The fourth-order valence-electron chi connectivity index (χ4n) is 0.574. The Hall–Kier alpha value is -1.48. The Balaban J connectivity index is 2.75. The van der Waals surface area contributed by atoms with Gasteiger partial charge in [0.25, 0.3) is 0 Å². The van der Waals surface area contributed by atoms with Gasteiger partial charge in [-0.2, -0.15) is 0 Å². The predicted octanol–water partition coefficient (Wildman–Crippen LogP) is 1.25. The first-order valence-electron chi connectivity index (χ1n) is 2.74. The molecular formula is C5H4N3O2S+. The number of hydrogen-bond donors (Lipinski definition) is 1. The lowest BCUT2D eigenvalue weighted by Crippen LogP contribution is -1.96. The second-order valence-electron chi connectivity index (χ2n) is 1.78. The van der Waals surface area contributed by atoms with Crippen LogP contribution in [-0.4, -0.2) is 16.1 Å². The molecule has 0 aliphatic carbocycles. The van der Waals surface area contributed by atoms with E-state index in [-0.39, 0.29) is 11.6 Å². The third kappa shape index (κ3) is 1.98. The average molecular weight is 170 g/mol. The SMILES string of the molecule is N#[N+]c1ncc(CC(=O)O)s1. The molecule has 1 aromatic rings. The molecule has 1 rings (SSSR count). The maximum absolute atomic E-state index is 10.2. The topological polar surface area (TPSA) is 78.3 Å². The molecule has 1 aromatic heterocycles. The van der Waals surface area contributed by atoms with Crippen LogP contribution in [0.15, 0.2) is 6.20 Å². The molecule has 0 aliphatic rings. The number of carboxylic acids is 1. The van der Waals surface area contributed by atoms with Gasteiger partial charge in [0.1, 0.15) is 0 Å². The van der Waals surface area contributed by atoms with Crippen LogP contribution in [-0.2, 0) is 11.2 Å². The summed E-state index contributed by atoms with van der Waals surface area (Å²) in [6.07, 6.45) is 1.31. The molecule has 1 N–H and O–H groups in total. The van der Waals surface area contributed by atoms with E-state index in [4.69, 9.17) is 10.5 Å². The van der Waals surface area contributed by atoms with Gasteiger partial charge in [-0.1, -0.05) is 0 Å². The molecule has 6 heteroatoms. The highest BCUT2D eigenvalue weighted by Crippen LogP contribution is 2.20. The summed E-state index contributed by atoms with van der Waals surface area (Å²) in [5, 5.41) is 16.7. The van der Waals surface area contributed by atoms with E-state index in [9.17, 15) is 4.79 Å². The van der Waals surface area contributed by atoms with Crippen molar-refractivity contribution in [1.82, 2.24) is 4.98 Å². The van der Waals surface area contributed by atoms with Crippen LogP contribution in [0, 0.1) is 5.39 Å². The van der Waals surface area contributed by atoms with Gasteiger partial charge < -0.3 is 5.11 Å². The van der Waals surface area contributed by atoms with E-state index < -0.39 is 5.97 Å². The second-order valence-corrected chi connectivity index (χ2v) is 2.87. The van der Waals surface area contributed by atoms with Crippen LogP contribution in [0.5, 0.6) is 0 Å². The van der Waals surface area contributed by atoms with Crippen LogP contribution in [0.1, 0.15) is 4.88 Å². The Labute approximate surface area is 65.9 Å². The van der Waals surface area contributed by atoms with Gasteiger partial charge in [-0.3, -0.25) is 4.79 Å². The quantitative estimate of drug-likeness (QED) is 0.677. The first-order chi connectivity index (χ1) is 5.22. The Morgan fingerprint density at radius 1 is 1.91 bits per heavy atom. The second kappa shape index (κ2) is 3.07. The van der Waals surface area contributed by atoms with Crippen LogP contribution >= 0.6 is 11.3 Å². The largest absolute Gasteiger partial charge is 0.523 e. The Morgan fingerprint density at radius 3 is 3.09 bits per heavy atom. The summed E-state index contributed by atoms with van der Waals surface area (Å²) in [6, 6.07) is 0. The standard InChI is InChI=1S/C5H3N3O2S/c6-8-5-7-2-3(11-5)1-4(9)10/h2H,1H2/p+1. The van der Waals surface area contributed by atoms with E-state index >= 15 is 0 Å². The molecular weight excluding hydrogens is 166 g/mol. The van der Waals surface area contributed by atoms with E-state index in [0.717, 1.165) is 11.3 Å². The molecule has 0 fully saturated rings. The lowest BCUT2D eigenvalue weighted by atomic mass is 10.4.